The van der Waals surface area contributed by atoms with E-state index < -0.39 is 6.61 Å². The van der Waals surface area contributed by atoms with Crippen LogP contribution in [-0.2, 0) is 6.54 Å². The molecular weight excluding hydrogens is 340 g/mol. The minimum Gasteiger partial charge on any atom is -0.435 e. The number of fused-ring (bicyclic) bond motifs is 1. The lowest BCUT2D eigenvalue weighted by molar-refractivity contribution is -0.0498. The third-order valence-electron chi connectivity index (χ3n) is 4.28. The molecule has 0 aliphatic rings. The Morgan fingerprint density at radius 1 is 1.19 bits per heavy atom. The summed E-state index contributed by atoms with van der Waals surface area (Å²) in [7, 11) is 0. The summed E-state index contributed by atoms with van der Waals surface area (Å²) in [6.07, 6.45) is 4.91. The van der Waals surface area contributed by atoms with Crippen LogP contribution < -0.4 is 10.3 Å². The number of imidazole rings is 1. The van der Waals surface area contributed by atoms with E-state index in [1.165, 1.54) is 16.5 Å². The lowest BCUT2D eigenvalue weighted by atomic mass is 10.2. The Morgan fingerprint density at radius 3 is 2.58 bits per heavy atom. The molecule has 5 nitrogen and oxygen atoms in total. The van der Waals surface area contributed by atoms with Crippen molar-refractivity contribution in [1.29, 1.82) is 0 Å². The molecule has 0 saturated carbocycles. The van der Waals surface area contributed by atoms with Gasteiger partial charge in [0.25, 0.3) is 5.56 Å². The Bertz CT molecular complexity index is 946. The first-order valence-electron chi connectivity index (χ1n) is 8.64. The Morgan fingerprint density at radius 2 is 1.92 bits per heavy atom. The Hall–Kier alpha value is -2.70. The maximum absolute atomic E-state index is 12.3. The number of nitrogens with zero attached hydrogens (tertiary/aromatic N) is 3. The first-order chi connectivity index (χ1) is 12.5. The van der Waals surface area contributed by atoms with Crippen LogP contribution in [0, 0.1) is 6.92 Å². The Kier molecular flexibility index (Phi) is 5.35. The summed E-state index contributed by atoms with van der Waals surface area (Å²) in [6, 6.07) is 7.83. The van der Waals surface area contributed by atoms with Crippen LogP contribution in [0.1, 0.15) is 31.9 Å². The standard InChI is InChI=1S/C19H21F2N3O2/c1-3-4-5-10-23-13(2)11-17(25)24-12-16(22-19(23)24)14-6-8-15(9-7-14)26-18(20)21/h6-9,11-12,18H,3-5,10H2,1-2H3. The third kappa shape index (κ3) is 3.76. The fourth-order valence-corrected chi connectivity index (χ4v) is 2.95. The second-order valence-corrected chi connectivity index (χ2v) is 6.18. The van der Waals surface area contributed by atoms with Crippen molar-refractivity contribution in [3.05, 3.63) is 52.6 Å². The maximum Gasteiger partial charge on any atom is 0.387 e. The van der Waals surface area contributed by atoms with Crippen LogP contribution in [-0.4, -0.2) is 20.6 Å². The SMILES string of the molecule is CCCCCn1c(C)cc(=O)n2cc(-c3ccc(OC(F)F)cc3)nc12. The van der Waals surface area contributed by atoms with Crippen LogP contribution >= 0.6 is 0 Å². The largest absolute Gasteiger partial charge is 0.435 e. The van der Waals surface area contributed by atoms with Gasteiger partial charge in [0.1, 0.15) is 5.75 Å². The lowest BCUT2D eigenvalue weighted by Crippen LogP contribution is -2.18. The van der Waals surface area contributed by atoms with Crippen LogP contribution in [0.15, 0.2) is 41.3 Å². The number of rotatable bonds is 7. The Balaban J connectivity index is 1.99. The number of hydrogen-bond acceptors (Lipinski definition) is 3. The molecule has 0 amide bonds. The van der Waals surface area contributed by atoms with Crippen LogP contribution in [0.25, 0.3) is 17.0 Å². The molecule has 0 atom stereocenters. The van der Waals surface area contributed by atoms with E-state index in [0.717, 1.165) is 37.1 Å². The van der Waals surface area contributed by atoms with Gasteiger partial charge < -0.3 is 9.30 Å². The van der Waals surface area contributed by atoms with Crippen molar-refractivity contribution in [3.8, 4) is 17.0 Å². The number of ether oxygens (including phenoxy) is 1. The van der Waals surface area contributed by atoms with Crippen molar-refractivity contribution in [1.82, 2.24) is 14.0 Å². The summed E-state index contributed by atoms with van der Waals surface area (Å²) >= 11 is 0. The Labute approximate surface area is 149 Å². The van der Waals surface area contributed by atoms with Gasteiger partial charge in [-0.3, -0.25) is 9.20 Å². The molecule has 7 heteroatoms. The summed E-state index contributed by atoms with van der Waals surface area (Å²) in [5, 5.41) is 0. The van der Waals surface area contributed by atoms with E-state index >= 15 is 0 Å². The molecule has 3 aromatic rings. The molecule has 138 valence electrons. The van der Waals surface area contributed by atoms with Crippen molar-refractivity contribution >= 4 is 5.78 Å². The molecule has 3 rings (SSSR count). The van der Waals surface area contributed by atoms with Gasteiger partial charge in [-0.15, -0.1) is 0 Å². The highest BCUT2D eigenvalue weighted by molar-refractivity contribution is 5.62. The zero-order valence-electron chi connectivity index (χ0n) is 14.8. The van der Waals surface area contributed by atoms with Crippen LogP contribution in [0.5, 0.6) is 5.75 Å². The van der Waals surface area contributed by atoms with E-state index in [1.807, 2.05) is 11.5 Å². The van der Waals surface area contributed by atoms with Crippen molar-refractivity contribution in [3.63, 3.8) is 0 Å². The summed E-state index contributed by atoms with van der Waals surface area (Å²) in [5.74, 6) is 0.677. The first kappa shape index (κ1) is 18.1. The normalized spacial score (nSPS) is 11.4. The topological polar surface area (TPSA) is 48.5 Å². The molecule has 0 saturated heterocycles. The summed E-state index contributed by atoms with van der Waals surface area (Å²) in [4.78, 5) is 16.9. The number of unbranched alkanes of at least 4 members (excludes halogenated alkanes) is 2. The number of benzene rings is 1. The van der Waals surface area contributed by atoms with Crippen LogP contribution in [0.4, 0.5) is 8.78 Å². The van der Waals surface area contributed by atoms with E-state index in [1.54, 1.807) is 24.4 Å². The smallest absolute Gasteiger partial charge is 0.387 e. The van der Waals surface area contributed by atoms with Gasteiger partial charge in [-0.05, 0) is 37.6 Å². The van der Waals surface area contributed by atoms with Crippen molar-refractivity contribution in [2.24, 2.45) is 0 Å². The average Bonchev–Trinajstić information content (AvgIpc) is 3.04. The van der Waals surface area contributed by atoms with Crippen molar-refractivity contribution in [2.45, 2.75) is 46.3 Å². The van der Waals surface area contributed by atoms with Gasteiger partial charge in [0, 0.05) is 30.1 Å². The van der Waals surface area contributed by atoms with Gasteiger partial charge in [0.05, 0.1) is 5.69 Å². The highest BCUT2D eigenvalue weighted by Crippen LogP contribution is 2.23. The molecule has 2 heterocycles. The highest BCUT2D eigenvalue weighted by Gasteiger charge is 2.12. The van der Waals surface area contributed by atoms with Gasteiger partial charge in [-0.2, -0.15) is 8.78 Å². The van der Waals surface area contributed by atoms with E-state index in [4.69, 9.17) is 0 Å². The van der Waals surface area contributed by atoms with Gasteiger partial charge >= 0.3 is 6.61 Å². The van der Waals surface area contributed by atoms with Gasteiger partial charge in [0.15, 0.2) is 0 Å². The fraction of sp³-hybridized carbons (Fsp3) is 0.368. The number of alkyl halides is 2. The molecule has 1 aromatic carbocycles. The molecule has 2 aromatic heterocycles. The zero-order valence-corrected chi connectivity index (χ0v) is 14.8. The summed E-state index contributed by atoms with van der Waals surface area (Å²) in [6.45, 7) is 1.98. The number of aromatic nitrogens is 3. The molecule has 0 radical (unpaired) electrons. The molecule has 0 unspecified atom stereocenters. The van der Waals surface area contributed by atoms with Gasteiger partial charge in [0.2, 0.25) is 5.78 Å². The van der Waals surface area contributed by atoms with Crippen LogP contribution in [0.3, 0.4) is 0 Å². The molecule has 0 aliphatic carbocycles. The maximum atomic E-state index is 12.3. The molecular formula is C19H21F2N3O2. The van der Waals surface area contributed by atoms with Crippen molar-refractivity contribution in [2.75, 3.05) is 0 Å². The molecule has 26 heavy (non-hydrogen) atoms. The van der Waals surface area contributed by atoms with Gasteiger partial charge in [-0.1, -0.05) is 19.8 Å². The fourth-order valence-electron chi connectivity index (χ4n) is 2.95. The summed E-state index contributed by atoms with van der Waals surface area (Å²) < 4.78 is 32.4. The van der Waals surface area contributed by atoms with Gasteiger partial charge in [-0.25, -0.2) is 4.98 Å². The molecule has 0 spiro atoms. The molecule has 0 N–H and O–H groups in total. The number of halogens is 2. The van der Waals surface area contributed by atoms with E-state index in [-0.39, 0.29) is 11.3 Å². The molecule has 0 aliphatic heterocycles. The monoisotopic (exact) mass is 361 g/mol. The quantitative estimate of drug-likeness (QED) is 0.591. The number of hydrogen-bond donors (Lipinski definition) is 0. The minimum atomic E-state index is -2.86. The predicted octanol–water partition coefficient (Wildman–Crippen LogP) is 4.26. The van der Waals surface area contributed by atoms with Crippen molar-refractivity contribution < 1.29 is 13.5 Å². The van der Waals surface area contributed by atoms with E-state index in [2.05, 4.69) is 16.6 Å². The first-order valence-corrected chi connectivity index (χ1v) is 8.64. The van der Waals surface area contributed by atoms with E-state index in [0.29, 0.717) is 11.5 Å². The second kappa shape index (κ2) is 7.68. The van der Waals surface area contributed by atoms with E-state index in [9.17, 15) is 13.6 Å². The third-order valence-corrected chi connectivity index (χ3v) is 4.28. The highest BCUT2D eigenvalue weighted by atomic mass is 19.3. The minimum absolute atomic E-state index is 0.0857. The second-order valence-electron chi connectivity index (χ2n) is 6.18. The zero-order chi connectivity index (χ0) is 18.7. The predicted molar refractivity (Wildman–Crippen MR) is 95.8 cm³/mol. The average molecular weight is 361 g/mol. The van der Waals surface area contributed by atoms with Crippen LogP contribution in [0.2, 0.25) is 0 Å². The lowest BCUT2D eigenvalue weighted by Gasteiger charge is -2.11. The molecule has 0 fully saturated rings. The number of aryl methyl sites for hydroxylation is 2. The molecule has 0 bridgehead atoms. The summed E-state index contributed by atoms with van der Waals surface area (Å²) in [5.41, 5.74) is 2.07.